The Balaban J connectivity index is 1.23. The Morgan fingerprint density at radius 1 is 1.14 bits per heavy atom. The van der Waals surface area contributed by atoms with Gasteiger partial charge in [-0.3, -0.25) is 9.59 Å². The predicted molar refractivity (Wildman–Crippen MR) is 149 cm³/mol. The predicted octanol–water partition coefficient (Wildman–Crippen LogP) is 1.69. The van der Waals surface area contributed by atoms with E-state index in [1.807, 2.05) is 4.90 Å². The van der Waals surface area contributed by atoms with E-state index in [1.165, 1.54) is 23.2 Å². The zero-order chi connectivity index (χ0) is 28.8. The number of ether oxygens (including phenoxy) is 1. The topological polar surface area (TPSA) is 206 Å². The summed E-state index contributed by atoms with van der Waals surface area (Å²) in [5.74, 6) is 0.527. The number of carbonyl (C=O) groups is 1. The van der Waals surface area contributed by atoms with E-state index in [4.69, 9.17) is 34.5 Å². The number of anilines is 2. The van der Waals surface area contributed by atoms with Crippen molar-refractivity contribution in [1.29, 1.82) is 0 Å². The Kier molecular flexibility index (Phi) is 6.59. The summed E-state index contributed by atoms with van der Waals surface area (Å²) in [6, 6.07) is 3.05. The zero-order valence-electron chi connectivity index (χ0n) is 22.6. The standard InChI is InChI=1S/C27H29N9O6/c28-16-3-1-2-4-17(16)32-27-33-19(22(25(29)38)26-30-13-31-36(26)27)10-14-9-18(34-42-14)15-12-40-24-20(37)11-21(41-23(15)24)35-5-7-39-8-6-35/h9,11-13,16-17H,1-8,10,28H2,(H2,29,38)(H,32,33)/t16-,17+/m1/s1. The first-order valence-corrected chi connectivity index (χ1v) is 13.8. The van der Waals surface area contributed by atoms with Crippen molar-refractivity contribution in [2.75, 3.05) is 36.5 Å². The number of morpholine rings is 1. The molecular formula is C27H29N9O6. The van der Waals surface area contributed by atoms with Gasteiger partial charge >= 0.3 is 0 Å². The molecular weight excluding hydrogens is 546 g/mol. The van der Waals surface area contributed by atoms with Crippen LogP contribution in [0.1, 0.15) is 47.5 Å². The minimum absolute atomic E-state index is 0.00538. The molecule has 1 aliphatic heterocycles. The van der Waals surface area contributed by atoms with Crippen LogP contribution in [0.5, 0.6) is 0 Å². The van der Waals surface area contributed by atoms with Gasteiger partial charge in [0.05, 0.1) is 37.0 Å². The van der Waals surface area contributed by atoms with Crippen LogP contribution in [0.25, 0.3) is 28.1 Å². The molecule has 1 amide bonds. The first-order chi connectivity index (χ1) is 20.5. The fraction of sp³-hybridized carbons (Fsp3) is 0.407. The molecule has 0 spiro atoms. The van der Waals surface area contributed by atoms with Gasteiger partial charge < -0.3 is 39.8 Å². The van der Waals surface area contributed by atoms with E-state index in [0.717, 1.165) is 25.7 Å². The molecule has 2 fully saturated rings. The molecule has 7 rings (SSSR count). The van der Waals surface area contributed by atoms with Gasteiger partial charge in [-0.25, -0.2) is 9.97 Å². The molecule has 1 saturated heterocycles. The van der Waals surface area contributed by atoms with E-state index in [1.54, 1.807) is 6.07 Å². The quantitative estimate of drug-likeness (QED) is 0.253. The van der Waals surface area contributed by atoms with Crippen molar-refractivity contribution in [2.24, 2.45) is 11.5 Å². The van der Waals surface area contributed by atoms with Crippen LogP contribution >= 0.6 is 0 Å². The molecule has 0 radical (unpaired) electrons. The summed E-state index contributed by atoms with van der Waals surface area (Å²) in [6.07, 6.45) is 6.75. The summed E-state index contributed by atoms with van der Waals surface area (Å²) in [5.41, 5.74) is 13.8. The van der Waals surface area contributed by atoms with E-state index in [2.05, 4.69) is 20.6 Å². The average molecular weight is 576 g/mol. The van der Waals surface area contributed by atoms with E-state index < -0.39 is 5.91 Å². The molecule has 2 aliphatic rings. The fourth-order valence-corrected chi connectivity index (χ4v) is 5.64. The number of furan rings is 1. The van der Waals surface area contributed by atoms with E-state index in [9.17, 15) is 9.59 Å². The number of hydrogen-bond donors (Lipinski definition) is 3. The van der Waals surface area contributed by atoms with E-state index in [0.29, 0.717) is 60.8 Å². The lowest BCUT2D eigenvalue weighted by molar-refractivity contribution is 0.1000. The summed E-state index contributed by atoms with van der Waals surface area (Å²) >= 11 is 0. The zero-order valence-corrected chi connectivity index (χ0v) is 22.6. The van der Waals surface area contributed by atoms with Crippen molar-refractivity contribution in [3.05, 3.63) is 52.0 Å². The number of nitrogens with zero attached hydrogens (tertiary/aromatic N) is 6. The summed E-state index contributed by atoms with van der Waals surface area (Å²) in [4.78, 5) is 36.3. The van der Waals surface area contributed by atoms with Crippen molar-refractivity contribution in [2.45, 2.75) is 44.2 Å². The third kappa shape index (κ3) is 4.65. The normalized spacial score (nSPS) is 19.5. The van der Waals surface area contributed by atoms with Gasteiger partial charge in [-0.15, -0.1) is 0 Å². The number of aromatic nitrogens is 5. The molecule has 42 heavy (non-hydrogen) atoms. The van der Waals surface area contributed by atoms with Crippen LogP contribution in [0, 0.1) is 0 Å². The molecule has 2 atom stereocenters. The number of primary amides is 1. The molecule has 6 heterocycles. The largest absolute Gasteiger partial charge is 0.456 e. The van der Waals surface area contributed by atoms with E-state index >= 15 is 0 Å². The van der Waals surface area contributed by atoms with Gasteiger partial charge in [0.25, 0.3) is 5.91 Å². The maximum Gasteiger partial charge on any atom is 0.254 e. The Hall–Kier alpha value is -4.76. The number of fused-ring (bicyclic) bond motifs is 2. The van der Waals surface area contributed by atoms with E-state index in [-0.39, 0.29) is 46.3 Å². The van der Waals surface area contributed by atoms with Crippen LogP contribution < -0.4 is 27.1 Å². The lowest BCUT2D eigenvalue weighted by Crippen LogP contribution is -2.43. The monoisotopic (exact) mass is 575 g/mol. The minimum Gasteiger partial charge on any atom is -0.456 e. The highest BCUT2D eigenvalue weighted by molar-refractivity contribution is 6.00. The van der Waals surface area contributed by atoms with Crippen LogP contribution in [0.3, 0.4) is 0 Å². The Morgan fingerprint density at radius 3 is 2.79 bits per heavy atom. The second-order valence-corrected chi connectivity index (χ2v) is 10.5. The van der Waals surface area contributed by atoms with Gasteiger partial charge in [0, 0.05) is 31.2 Å². The summed E-state index contributed by atoms with van der Waals surface area (Å²) in [7, 11) is 0. The van der Waals surface area contributed by atoms with Crippen LogP contribution in [-0.2, 0) is 11.2 Å². The number of nitrogens with two attached hydrogens (primary N) is 2. The first kappa shape index (κ1) is 26.2. The average Bonchev–Trinajstić information content (AvgIpc) is 3.75. The number of amides is 1. The first-order valence-electron chi connectivity index (χ1n) is 13.8. The highest BCUT2D eigenvalue weighted by Gasteiger charge is 2.27. The van der Waals surface area contributed by atoms with Gasteiger partial charge in [0.15, 0.2) is 17.1 Å². The minimum atomic E-state index is -0.700. The highest BCUT2D eigenvalue weighted by atomic mass is 16.5. The maximum atomic E-state index is 12.8. The van der Waals surface area contributed by atoms with Gasteiger partial charge in [-0.05, 0) is 12.8 Å². The Bertz CT molecular complexity index is 1830. The highest BCUT2D eigenvalue weighted by Crippen LogP contribution is 2.32. The third-order valence-corrected chi connectivity index (χ3v) is 7.81. The van der Waals surface area contributed by atoms with Gasteiger partial charge in [0.2, 0.25) is 17.0 Å². The smallest absolute Gasteiger partial charge is 0.254 e. The summed E-state index contributed by atoms with van der Waals surface area (Å²) < 4.78 is 24.2. The van der Waals surface area contributed by atoms with Crippen LogP contribution in [0.15, 0.2) is 42.9 Å². The molecule has 1 aliphatic carbocycles. The maximum absolute atomic E-state index is 12.8. The summed E-state index contributed by atoms with van der Waals surface area (Å²) in [5, 5.41) is 11.8. The number of hydrogen-bond acceptors (Lipinski definition) is 13. The number of carbonyl (C=O) groups excluding carboxylic acids is 1. The molecule has 1 saturated carbocycles. The SMILES string of the molecule is NC(=O)c1c(Cc2cc(-c3coc4c(=O)cc(N5CCOCC5)oc34)no2)nc(N[C@H]2CCCC[C@H]2N)n2ncnc12. The molecule has 15 nitrogen and oxygen atoms in total. The molecule has 0 unspecified atom stereocenters. The molecule has 5 aromatic rings. The van der Waals surface area contributed by atoms with Crippen molar-refractivity contribution < 1.29 is 22.9 Å². The third-order valence-electron chi connectivity index (χ3n) is 7.81. The fourth-order valence-electron chi connectivity index (χ4n) is 5.64. The van der Waals surface area contributed by atoms with Gasteiger partial charge in [-0.1, -0.05) is 18.0 Å². The lowest BCUT2D eigenvalue weighted by Gasteiger charge is -2.29. The lowest BCUT2D eigenvalue weighted by atomic mass is 9.91. The van der Waals surface area contributed by atoms with Crippen molar-refractivity contribution in [3.63, 3.8) is 0 Å². The van der Waals surface area contributed by atoms with Crippen LogP contribution in [-0.4, -0.2) is 69.0 Å². The Labute approximate surface area is 237 Å². The van der Waals surface area contributed by atoms with Crippen LogP contribution in [0.4, 0.5) is 11.8 Å². The Morgan fingerprint density at radius 2 is 1.98 bits per heavy atom. The molecule has 15 heteroatoms. The second-order valence-electron chi connectivity index (χ2n) is 10.5. The van der Waals surface area contributed by atoms with Crippen LogP contribution in [0.2, 0.25) is 0 Å². The van der Waals surface area contributed by atoms with Crippen molar-refractivity contribution in [3.8, 4) is 11.3 Å². The van der Waals surface area contributed by atoms with Crippen molar-refractivity contribution in [1.82, 2.24) is 24.7 Å². The molecule has 0 aromatic carbocycles. The van der Waals surface area contributed by atoms with Crippen molar-refractivity contribution >= 4 is 34.6 Å². The molecule has 0 bridgehead atoms. The summed E-state index contributed by atoms with van der Waals surface area (Å²) in [6.45, 7) is 2.29. The van der Waals surface area contributed by atoms with Gasteiger partial charge in [-0.2, -0.15) is 9.61 Å². The molecule has 218 valence electrons. The number of nitrogens with one attached hydrogen (secondary N) is 1. The second kappa shape index (κ2) is 10.6. The molecule has 5 aromatic heterocycles. The number of rotatable bonds is 7. The molecule has 5 N–H and O–H groups in total. The van der Waals surface area contributed by atoms with Gasteiger partial charge in [0.1, 0.15) is 29.6 Å².